The summed E-state index contributed by atoms with van der Waals surface area (Å²) in [4.78, 5) is 0. The maximum Gasteiger partial charge on any atom is 0.101 e. The molecular weight excluding hydrogens is 256 g/mol. The van der Waals surface area contributed by atoms with E-state index < -0.39 is 24.4 Å². The second-order valence-electron chi connectivity index (χ2n) is 4.62. The SMILES string of the molecule is CC(O)COCC(O)COCC(O)COCC(C)O. The van der Waals surface area contributed by atoms with Crippen LogP contribution in [-0.4, -0.2) is 84.5 Å². The Bertz CT molecular complexity index is 179. The number of ether oxygens (including phenoxy) is 3. The Morgan fingerprint density at radius 1 is 0.579 bits per heavy atom. The molecule has 0 heterocycles. The van der Waals surface area contributed by atoms with Crippen molar-refractivity contribution in [3.8, 4) is 0 Å². The highest BCUT2D eigenvalue weighted by atomic mass is 16.5. The molecule has 7 nitrogen and oxygen atoms in total. The highest BCUT2D eigenvalue weighted by Gasteiger charge is 2.09. The molecule has 0 aliphatic heterocycles. The Morgan fingerprint density at radius 2 is 0.842 bits per heavy atom. The van der Waals surface area contributed by atoms with Crippen molar-refractivity contribution in [1.82, 2.24) is 0 Å². The average Bonchev–Trinajstić information content (AvgIpc) is 2.27. The van der Waals surface area contributed by atoms with Crippen LogP contribution >= 0.6 is 0 Å². The minimum absolute atomic E-state index is 0.0350. The molecule has 0 spiro atoms. The molecule has 4 N–H and O–H groups in total. The Hall–Kier alpha value is -0.280. The molecule has 19 heavy (non-hydrogen) atoms. The quantitative estimate of drug-likeness (QED) is 0.346. The smallest absolute Gasteiger partial charge is 0.101 e. The molecule has 0 rings (SSSR count). The van der Waals surface area contributed by atoms with Crippen molar-refractivity contribution in [2.45, 2.75) is 38.3 Å². The van der Waals surface area contributed by atoms with E-state index in [2.05, 4.69) is 0 Å². The van der Waals surface area contributed by atoms with Crippen molar-refractivity contribution in [1.29, 1.82) is 0 Å². The van der Waals surface area contributed by atoms with E-state index in [1.165, 1.54) is 0 Å². The van der Waals surface area contributed by atoms with Crippen LogP contribution in [0, 0.1) is 0 Å². The van der Waals surface area contributed by atoms with Crippen molar-refractivity contribution in [3.05, 3.63) is 0 Å². The first kappa shape index (κ1) is 18.7. The van der Waals surface area contributed by atoms with Crippen LogP contribution in [0.25, 0.3) is 0 Å². The minimum Gasteiger partial charge on any atom is -0.391 e. The molecule has 4 unspecified atom stereocenters. The fourth-order valence-corrected chi connectivity index (χ4v) is 1.19. The van der Waals surface area contributed by atoms with Crippen LogP contribution in [0.5, 0.6) is 0 Å². The van der Waals surface area contributed by atoms with Crippen LogP contribution in [-0.2, 0) is 14.2 Å². The summed E-state index contributed by atoms with van der Waals surface area (Å²) in [6.07, 6.45) is -2.74. The lowest BCUT2D eigenvalue weighted by molar-refractivity contribution is -0.0676. The molecule has 0 amide bonds. The molecule has 116 valence electrons. The molecule has 0 aromatic rings. The average molecular weight is 282 g/mol. The zero-order chi connectivity index (χ0) is 14.7. The van der Waals surface area contributed by atoms with Gasteiger partial charge in [-0.3, -0.25) is 0 Å². The van der Waals surface area contributed by atoms with E-state index in [0.717, 1.165) is 0 Å². The highest BCUT2D eigenvalue weighted by molar-refractivity contribution is 4.56. The Balaban J connectivity index is 3.40. The van der Waals surface area contributed by atoms with Crippen molar-refractivity contribution >= 4 is 0 Å². The highest BCUT2D eigenvalue weighted by Crippen LogP contribution is 1.94. The molecule has 0 aromatic carbocycles. The molecule has 0 radical (unpaired) electrons. The summed E-state index contributed by atoms with van der Waals surface area (Å²) >= 11 is 0. The summed E-state index contributed by atoms with van der Waals surface area (Å²) in [5.74, 6) is 0. The monoisotopic (exact) mass is 282 g/mol. The fraction of sp³-hybridized carbons (Fsp3) is 1.00. The van der Waals surface area contributed by atoms with Crippen LogP contribution in [0.15, 0.2) is 0 Å². The zero-order valence-electron chi connectivity index (χ0n) is 11.6. The van der Waals surface area contributed by atoms with Gasteiger partial charge < -0.3 is 34.6 Å². The second kappa shape index (κ2) is 11.5. The van der Waals surface area contributed by atoms with Crippen molar-refractivity contribution in [3.63, 3.8) is 0 Å². The lowest BCUT2D eigenvalue weighted by Crippen LogP contribution is -2.28. The summed E-state index contributed by atoms with van der Waals surface area (Å²) in [5.41, 5.74) is 0. The number of aliphatic hydroxyl groups is 4. The summed E-state index contributed by atoms with van der Waals surface area (Å²) < 4.78 is 15.1. The van der Waals surface area contributed by atoms with Crippen LogP contribution in [0.2, 0.25) is 0 Å². The van der Waals surface area contributed by atoms with Crippen molar-refractivity contribution < 1.29 is 34.6 Å². The molecule has 0 bridgehead atoms. The molecule has 4 atom stereocenters. The predicted molar refractivity (Wildman–Crippen MR) is 67.8 cm³/mol. The molecule has 0 aliphatic rings. The van der Waals surface area contributed by atoms with Gasteiger partial charge in [-0.1, -0.05) is 0 Å². The Labute approximate surface area is 113 Å². The van der Waals surface area contributed by atoms with Crippen LogP contribution < -0.4 is 0 Å². The van der Waals surface area contributed by atoms with E-state index in [-0.39, 0.29) is 39.6 Å². The van der Waals surface area contributed by atoms with Crippen LogP contribution in [0.4, 0.5) is 0 Å². The summed E-state index contributed by atoms with van der Waals surface area (Å²) in [7, 11) is 0. The Kier molecular flexibility index (Phi) is 11.4. The maximum absolute atomic E-state index is 9.45. The standard InChI is InChI=1S/C12H26O7/c1-9(13)3-17-5-11(15)7-19-8-12(16)6-18-4-10(2)14/h9-16H,3-8H2,1-2H3. The normalized spacial score (nSPS) is 18.0. The number of rotatable bonds is 12. The van der Waals surface area contributed by atoms with Gasteiger partial charge in [-0.25, -0.2) is 0 Å². The molecule has 0 saturated carbocycles. The summed E-state index contributed by atoms with van der Waals surface area (Å²) in [5, 5.41) is 36.8. The van der Waals surface area contributed by atoms with Gasteiger partial charge >= 0.3 is 0 Å². The van der Waals surface area contributed by atoms with Gasteiger partial charge in [0.15, 0.2) is 0 Å². The van der Waals surface area contributed by atoms with Crippen molar-refractivity contribution in [2.24, 2.45) is 0 Å². The topological polar surface area (TPSA) is 109 Å². The van der Waals surface area contributed by atoms with Gasteiger partial charge in [0.2, 0.25) is 0 Å². The first-order valence-electron chi connectivity index (χ1n) is 6.37. The number of hydrogen-bond donors (Lipinski definition) is 4. The largest absolute Gasteiger partial charge is 0.391 e. The first-order chi connectivity index (χ1) is 8.91. The zero-order valence-corrected chi connectivity index (χ0v) is 11.6. The molecule has 0 aliphatic carbocycles. The van der Waals surface area contributed by atoms with Gasteiger partial charge in [0.05, 0.1) is 51.8 Å². The lowest BCUT2D eigenvalue weighted by Gasteiger charge is -2.15. The van der Waals surface area contributed by atoms with Gasteiger partial charge in [-0.05, 0) is 13.8 Å². The lowest BCUT2D eigenvalue weighted by atomic mass is 10.4. The van der Waals surface area contributed by atoms with E-state index in [0.29, 0.717) is 0 Å². The van der Waals surface area contributed by atoms with E-state index in [4.69, 9.17) is 24.4 Å². The van der Waals surface area contributed by atoms with Gasteiger partial charge in [-0.15, -0.1) is 0 Å². The predicted octanol–water partition coefficient (Wildman–Crippen LogP) is -1.48. The summed E-state index contributed by atoms with van der Waals surface area (Å²) in [6, 6.07) is 0. The molecular formula is C12H26O7. The van der Waals surface area contributed by atoms with E-state index in [9.17, 15) is 10.2 Å². The molecule has 0 fully saturated rings. The van der Waals surface area contributed by atoms with E-state index in [1.54, 1.807) is 13.8 Å². The first-order valence-corrected chi connectivity index (χ1v) is 6.37. The second-order valence-corrected chi connectivity index (χ2v) is 4.62. The third-order valence-corrected chi connectivity index (χ3v) is 1.96. The van der Waals surface area contributed by atoms with Crippen LogP contribution in [0.3, 0.4) is 0 Å². The van der Waals surface area contributed by atoms with E-state index >= 15 is 0 Å². The third-order valence-electron chi connectivity index (χ3n) is 1.96. The van der Waals surface area contributed by atoms with Crippen LogP contribution in [0.1, 0.15) is 13.8 Å². The van der Waals surface area contributed by atoms with Gasteiger partial charge in [0.25, 0.3) is 0 Å². The van der Waals surface area contributed by atoms with Crippen molar-refractivity contribution in [2.75, 3.05) is 39.6 Å². The van der Waals surface area contributed by atoms with E-state index in [1.807, 2.05) is 0 Å². The minimum atomic E-state index is -0.802. The summed E-state index contributed by atoms with van der Waals surface area (Å²) in [6.45, 7) is 3.71. The van der Waals surface area contributed by atoms with Gasteiger partial charge in [0, 0.05) is 0 Å². The molecule has 0 saturated heterocycles. The molecule has 7 heteroatoms. The maximum atomic E-state index is 9.45. The third kappa shape index (κ3) is 13.9. The number of hydrogen-bond acceptors (Lipinski definition) is 7. The van der Waals surface area contributed by atoms with Gasteiger partial charge in [0.1, 0.15) is 12.2 Å². The molecule has 0 aromatic heterocycles. The van der Waals surface area contributed by atoms with Gasteiger partial charge in [-0.2, -0.15) is 0 Å². The number of aliphatic hydroxyl groups excluding tert-OH is 4. The fourth-order valence-electron chi connectivity index (χ4n) is 1.19. The Morgan fingerprint density at radius 3 is 1.11 bits per heavy atom.